The summed E-state index contributed by atoms with van der Waals surface area (Å²) >= 11 is 0. The number of hydrogen-bond acceptors (Lipinski definition) is 3. The molecule has 1 saturated heterocycles. The smallest absolute Gasteiger partial charge is 0.254 e. The van der Waals surface area contributed by atoms with Gasteiger partial charge in [-0.25, -0.2) is 0 Å². The molecule has 0 bridgehead atoms. The van der Waals surface area contributed by atoms with Gasteiger partial charge in [0.1, 0.15) is 0 Å². The number of hydrogen-bond donors (Lipinski definition) is 1. The zero-order valence-electron chi connectivity index (χ0n) is 8.77. The van der Waals surface area contributed by atoms with E-state index in [0.717, 1.165) is 19.6 Å². The first-order valence-corrected chi connectivity index (χ1v) is 5.10. The van der Waals surface area contributed by atoms with E-state index in [2.05, 4.69) is 10.4 Å². The van der Waals surface area contributed by atoms with E-state index >= 15 is 0 Å². The largest absolute Gasteiger partial charge is 0.381 e. The zero-order valence-corrected chi connectivity index (χ0v) is 8.77. The highest BCUT2D eigenvalue weighted by Crippen LogP contribution is 2.10. The maximum Gasteiger partial charge on any atom is 0.254 e. The molecule has 2 heterocycles. The van der Waals surface area contributed by atoms with Crippen LogP contribution in [-0.4, -0.2) is 35.4 Å². The molecule has 1 fully saturated rings. The summed E-state index contributed by atoms with van der Waals surface area (Å²) in [4.78, 5) is 11.6. The van der Waals surface area contributed by atoms with Crippen molar-refractivity contribution in [2.45, 2.75) is 6.42 Å². The van der Waals surface area contributed by atoms with E-state index in [4.69, 9.17) is 4.74 Å². The first-order valence-electron chi connectivity index (χ1n) is 5.10. The van der Waals surface area contributed by atoms with E-state index in [1.54, 1.807) is 24.1 Å². The lowest BCUT2D eigenvalue weighted by Crippen LogP contribution is -2.29. The molecule has 1 aliphatic heterocycles. The molecule has 0 aromatic carbocycles. The van der Waals surface area contributed by atoms with Crippen LogP contribution in [0.2, 0.25) is 0 Å². The number of ether oxygens (including phenoxy) is 1. The number of nitrogens with zero attached hydrogens (tertiary/aromatic N) is 2. The van der Waals surface area contributed by atoms with Crippen molar-refractivity contribution in [1.29, 1.82) is 0 Å². The molecule has 0 aliphatic carbocycles. The van der Waals surface area contributed by atoms with Gasteiger partial charge in [-0.3, -0.25) is 9.48 Å². The molecule has 1 aliphatic rings. The first kappa shape index (κ1) is 10.2. The number of rotatable bonds is 3. The lowest BCUT2D eigenvalue weighted by molar-refractivity contribution is 0.0945. The summed E-state index contributed by atoms with van der Waals surface area (Å²) in [5.74, 6) is 0.403. The Hall–Kier alpha value is -1.36. The zero-order chi connectivity index (χ0) is 10.7. The van der Waals surface area contributed by atoms with Gasteiger partial charge in [0.2, 0.25) is 0 Å². The van der Waals surface area contributed by atoms with Gasteiger partial charge in [-0.15, -0.1) is 0 Å². The number of aryl methyl sites for hydroxylation is 1. The molecule has 0 spiro atoms. The quantitative estimate of drug-likeness (QED) is 0.773. The molecule has 0 radical (unpaired) electrons. The Balaban J connectivity index is 1.81. The van der Waals surface area contributed by atoms with Crippen LogP contribution < -0.4 is 5.32 Å². The summed E-state index contributed by atoms with van der Waals surface area (Å²) in [6.45, 7) is 2.26. The minimum absolute atomic E-state index is 0.0602. The second kappa shape index (κ2) is 4.44. The molecule has 2 rings (SSSR count). The molecule has 82 valence electrons. The normalized spacial score (nSPS) is 20.5. The van der Waals surface area contributed by atoms with Crippen LogP contribution in [0.1, 0.15) is 16.8 Å². The maximum atomic E-state index is 11.6. The van der Waals surface area contributed by atoms with Crippen LogP contribution in [0.4, 0.5) is 0 Å². The molecule has 1 unspecified atom stereocenters. The predicted octanol–water partition coefficient (Wildman–Crippen LogP) is 0.186. The number of amides is 1. The van der Waals surface area contributed by atoms with Gasteiger partial charge in [-0.1, -0.05) is 0 Å². The number of nitrogens with one attached hydrogen (secondary N) is 1. The van der Waals surface area contributed by atoms with E-state index < -0.39 is 0 Å². The molecule has 1 amide bonds. The molecular weight excluding hydrogens is 194 g/mol. The highest BCUT2D eigenvalue weighted by molar-refractivity contribution is 5.93. The fraction of sp³-hybridized carbons (Fsp3) is 0.600. The Morgan fingerprint density at radius 2 is 2.67 bits per heavy atom. The van der Waals surface area contributed by atoms with E-state index in [-0.39, 0.29) is 5.91 Å². The van der Waals surface area contributed by atoms with Crippen LogP contribution in [0.5, 0.6) is 0 Å². The molecule has 15 heavy (non-hydrogen) atoms. The topological polar surface area (TPSA) is 56.2 Å². The Morgan fingerprint density at radius 3 is 3.27 bits per heavy atom. The second-order valence-electron chi connectivity index (χ2n) is 3.84. The number of aromatic nitrogens is 2. The van der Waals surface area contributed by atoms with E-state index in [1.165, 1.54) is 0 Å². The van der Waals surface area contributed by atoms with Gasteiger partial charge < -0.3 is 10.1 Å². The third-order valence-electron chi connectivity index (χ3n) is 2.54. The van der Waals surface area contributed by atoms with Crippen LogP contribution >= 0.6 is 0 Å². The van der Waals surface area contributed by atoms with Crippen molar-refractivity contribution in [1.82, 2.24) is 15.1 Å². The maximum absolute atomic E-state index is 11.6. The van der Waals surface area contributed by atoms with Crippen molar-refractivity contribution in [3.63, 3.8) is 0 Å². The average molecular weight is 209 g/mol. The van der Waals surface area contributed by atoms with Gasteiger partial charge in [0.25, 0.3) is 5.91 Å². The van der Waals surface area contributed by atoms with E-state index in [1.807, 2.05) is 0 Å². The molecule has 1 N–H and O–H groups in total. The number of carbonyl (C=O) groups excluding carboxylic acids is 1. The highest BCUT2D eigenvalue weighted by atomic mass is 16.5. The van der Waals surface area contributed by atoms with E-state index in [9.17, 15) is 4.79 Å². The molecule has 1 atom stereocenters. The van der Waals surface area contributed by atoms with Crippen LogP contribution in [0, 0.1) is 5.92 Å². The fourth-order valence-corrected chi connectivity index (χ4v) is 1.62. The molecule has 1 aromatic rings. The van der Waals surface area contributed by atoms with Gasteiger partial charge in [-0.05, 0) is 6.42 Å². The summed E-state index contributed by atoms with van der Waals surface area (Å²) < 4.78 is 6.85. The van der Waals surface area contributed by atoms with Crippen molar-refractivity contribution in [2.24, 2.45) is 13.0 Å². The number of carbonyl (C=O) groups is 1. The Labute approximate surface area is 88.4 Å². The highest BCUT2D eigenvalue weighted by Gasteiger charge is 2.17. The van der Waals surface area contributed by atoms with Crippen LogP contribution in [0.25, 0.3) is 0 Å². The van der Waals surface area contributed by atoms with Crippen molar-refractivity contribution in [3.8, 4) is 0 Å². The average Bonchev–Trinajstić information content (AvgIpc) is 2.84. The standard InChI is InChI=1S/C10H15N3O2/c1-13-6-9(5-12-13)10(14)11-4-8-2-3-15-7-8/h5-6,8H,2-4,7H2,1H3,(H,11,14). The monoisotopic (exact) mass is 209 g/mol. The van der Waals surface area contributed by atoms with Gasteiger partial charge in [-0.2, -0.15) is 5.10 Å². The van der Waals surface area contributed by atoms with Crippen LogP contribution in [-0.2, 0) is 11.8 Å². The first-order chi connectivity index (χ1) is 7.25. The second-order valence-corrected chi connectivity index (χ2v) is 3.84. The summed E-state index contributed by atoms with van der Waals surface area (Å²) in [5, 5.41) is 6.83. The minimum atomic E-state index is -0.0602. The summed E-state index contributed by atoms with van der Waals surface area (Å²) in [7, 11) is 1.79. The van der Waals surface area contributed by atoms with Crippen LogP contribution in [0.15, 0.2) is 12.4 Å². The lowest BCUT2D eigenvalue weighted by atomic mass is 10.1. The fourth-order valence-electron chi connectivity index (χ4n) is 1.62. The van der Waals surface area contributed by atoms with E-state index in [0.29, 0.717) is 18.0 Å². The third-order valence-corrected chi connectivity index (χ3v) is 2.54. The van der Waals surface area contributed by atoms with Crippen molar-refractivity contribution in [3.05, 3.63) is 18.0 Å². The molecule has 5 heteroatoms. The van der Waals surface area contributed by atoms with Gasteiger partial charge in [0.05, 0.1) is 18.4 Å². The van der Waals surface area contributed by atoms with Gasteiger partial charge in [0, 0.05) is 32.3 Å². The molecule has 5 nitrogen and oxygen atoms in total. The van der Waals surface area contributed by atoms with Gasteiger partial charge >= 0.3 is 0 Å². The third kappa shape index (κ3) is 2.56. The predicted molar refractivity (Wildman–Crippen MR) is 54.5 cm³/mol. The molecule has 1 aromatic heterocycles. The molecule has 0 saturated carbocycles. The minimum Gasteiger partial charge on any atom is -0.381 e. The summed E-state index contributed by atoms with van der Waals surface area (Å²) in [5.41, 5.74) is 0.608. The lowest BCUT2D eigenvalue weighted by Gasteiger charge is -2.07. The summed E-state index contributed by atoms with van der Waals surface area (Å²) in [6, 6.07) is 0. The SMILES string of the molecule is Cn1cc(C(=O)NCC2CCOC2)cn1. The Morgan fingerprint density at radius 1 is 1.80 bits per heavy atom. The van der Waals surface area contributed by atoms with Gasteiger partial charge in [0.15, 0.2) is 0 Å². The van der Waals surface area contributed by atoms with Crippen LogP contribution in [0.3, 0.4) is 0 Å². The van der Waals surface area contributed by atoms with Crippen molar-refractivity contribution in [2.75, 3.05) is 19.8 Å². The Bertz CT molecular complexity index is 342. The Kier molecular flexibility index (Phi) is 3.01. The molecular formula is C10H15N3O2. The van der Waals surface area contributed by atoms with Crippen molar-refractivity contribution >= 4 is 5.91 Å². The summed E-state index contributed by atoms with van der Waals surface area (Å²) in [6.07, 6.45) is 4.31. The van der Waals surface area contributed by atoms with Crippen molar-refractivity contribution < 1.29 is 9.53 Å².